The SMILES string of the molecule is Cn1cc(C2CN(CC3CCNCC3)CCO2)cn1. The Labute approximate surface area is 114 Å². The molecule has 2 aliphatic heterocycles. The zero-order chi connectivity index (χ0) is 13.1. The predicted molar refractivity (Wildman–Crippen MR) is 73.9 cm³/mol. The lowest BCUT2D eigenvalue weighted by Gasteiger charge is -2.35. The minimum Gasteiger partial charge on any atom is -0.371 e. The molecule has 1 aromatic heterocycles. The number of nitrogens with zero attached hydrogens (tertiary/aromatic N) is 3. The largest absolute Gasteiger partial charge is 0.371 e. The zero-order valence-corrected chi connectivity index (χ0v) is 11.7. The Hall–Kier alpha value is -0.910. The van der Waals surface area contributed by atoms with Crippen LogP contribution in [0.15, 0.2) is 12.4 Å². The molecular weight excluding hydrogens is 240 g/mol. The summed E-state index contributed by atoms with van der Waals surface area (Å²) in [4.78, 5) is 2.57. The molecule has 0 saturated carbocycles. The molecule has 0 aromatic carbocycles. The molecule has 5 nitrogen and oxygen atoms in total. The molecule has 0 amide bonds. The fraction of sp³-hybridized carbons (Fsp3) is 0.786. The lowest BCUT2D eigenvalue weighted by atomic mass is 9.97. The zero-order valence-electron chi connectivity index (χ0n) is 11.7. The van der Waals surface area contributed by atoms with E-state index in [1.54, 1.807) is 0 Å². The predicted octanol–water partition coefficient (Wildman–Crippen LogP) is 0.793. The molecule has 0 bridgehead atoms. The summed E-state index contributed by atoms with van der Waals surface area (Å²) in [6.45, 7) is 6.50. The van der Waals surface area contributed by atoms with Crippen LogP contribution in [0.5, 0.6) is 0 Å². The summed E-state index contributed by atoms with van der Waals surface area (Å²) in [7, 11) is 1.96. The van der Waals surface area contributed by atoms with Gasteiger partial charge in [0.15, 0.2) is 0 Å². The summed E-state index contributed by atoms with van der Waals surface area (Å²) in [5.41, 5.74) is 1.21. The maximum Gasteiger partial charge on any atom is 0.0982 e. The van der Waals surface area contributed by atoms with E-state index in [0.717, 1.165) is 25.6 Å². The number of hydrogen-bond donors (Lipinski definition) is 1. The van der Waals surface area contributed by atoms with Crippen molar-refractivity contribution in [3.8, 4) is 0 Å². The fourth-order valence-electron chi connectivity index (χ4n) is 3.11. The number of rotatable bonds is 3. The molecule has 1 aromatic rings. The Morgan fingerprint density at radius 2 is 2.26 bits per heavy atom. The van der Waals surface area contributed by atoms with Crippen LogP contribution in [0, 0.1) is 5.92 Å². The first-order valence-corrected chi connectivity index (χ1v) is 7.34. The van der Waals surface area contributed by atoms with Crippen LogP contribution in [0.3, 0.4) is 0 Å². The Morgan fingerprint density at radius 1 is 1.42 bits per heavy atom. The number of hydrogen-bond acceptors (Lipinski definition) is 4. The van der Waals surface area contributed by atoms with Gasteiger partial charge in [0.1, 0.15) is 0 Å². The van der Waals surface area contributed by atoms with Gasteiger partial charge in [0.05, 0.1) is 18.9 Å². The standard InChI is InChI=1S/C14H24N4O/c1-17-10-13(8-16-17)14-11-18(6-7-19-14)9-12-2-4-15-5-3-12/h8,10,12,14-15H,2-7,9,11H2,1H3. The van der Waals surface area contributed by atoms with E-state index >= 15 is 0 Å². The van der Waals surface area contributed by atoms with Crippen molar-refractivity contribution >= 4 is 0 Å². The Balaban J connectivity index is 1.55. The summed E-state index contributed by atoms with van der Waals surface area (Å²) in [5.74, 6) is 0.855. The second-order valence-electron chi connectivity index (χ2n) is 5.76. The van der Waals surface area contributed by atoms with Crippen molar-refractivity contribution in [1.29, 1.82) is 0 Å². The first-order chi connectivity index (χ1) is 9.31. The highest BCUT2D eigenvalue weighted by atomic mass is 16.5. The molecule has 19 heavy (non-hydrogen) atoms. The van der Waals surface area contributed by atoms with Gasteiger partial charge in [-0.05, 0) is 31.8 Å². The van der Waals surface area contributed by atoms with Crippen LogP contribution >= 0.6 is 0 Å². The number of morpholine rings is 1. The number of ether oxygens (including phenoxy) is 1. The van der Waals surface area contributed by atoms with E-state index < -0.39 is 0 Å². The molecule has 0 radical (unpaired) electrons. The summed E-state index contributed by atoms with van der Waals surface area (Å²) in [5, 5.41) is 7.68. The molecule has 5 heteroatoms. The van der Waals surface area contributed by atoms with E-state index in [-0.39, 0.29) is 6.10 Å². The van der Waals surface area contributed by atoms with Gasteiger partial charge in [0, 0.05) is 38.4 Å². The third-order valence-corrected chi connectivity index (χ3v) is 4.22. The maximum atomic E-state index is 5.89. The second kappa shape index (κ2) is 6.03. The lowest BCUT2D eigenvalue weighted by Crippen LogP contribution is -2.43. The molecule has 0 spiro atoms. The molecule has 1 N–H and O–H groups in total. The molecule has 106 valence electrons. The van der Waals surface area contributed by atoms with Crippen molar-refractivity contribution in [2.24, 2.45) is 13.0 Å². The van der Waals surface area contributed by atoms with Crippen molar-refractivity contribution < 1.29 is 4.74 Å². The third-order valence-electron chi connectivity index (χ3n) is 4.22. The van der Waals surface area contributed by atoms with E-state index in [9.17, 15) is 0 Å². The molecule has 3 rings (SSSR count). The van der Waals surface area contributed by atoms with Gasteiger partial charge in [0.2, 0.25) is 0 Å². The number of aryl methyl sites for hydroxylation is 1. The molecule has 0 aliphatic carbocycles. The van der Waals surface area contributed by atoms with Gasteiger partial charge in [0.25, 0.3) is 0 Å². The molecular formula is C14H24N4O. The van der Waals surface area contributed by atoms with Crippen LogP contribution < -0.4 is 5.32 Å². The molecule has 2 saturated heterocycles. The van der Waals surface area contributed by atoms with E-state index in [1.807, 2.05) is 17.9 Å². The minimum absolute atomic E-state index is 0.198. The highest BCUT2D eigenvalue weighted by Crippen LogP contribution is 2.23. The van der Waals surface area contributed by atoms with E-state index in [4.69, 9.17) is 4.74 Å². The second-order valence-corrected chi connectivity index (χ2v) is 5.76. The van der Waals surface area contributed by atoms with Gasteiger partial charge in [-0.1, -0.05) is 0 Å². The average molecular weight is 264 g/mol. The Kier molecular flexibility index (Phi) is 4.15. The summed E-state index contributed by atoms with van der Waals surface area (Å²) in [6.07, 6.45) is 6.82. The first-order valence-electron chi connectivity index (χ1n) is 7.34. The summed E-state index contributed by atoms with van der Waals surface area (Å²) < 4.78 is 7.74. The van der Waals surface area contributed by atoms with E-state index in [0.29, 0.717) is 0 Å². The van der Waals surface area contributed by atoms with Gasteiger partial charge < -0.3 is 10.1 Å². The summed E-state index contributed by atoms with van der Waals surface area (Å²) >= 11 is 0. The van der Waals surface area contributed by atoms with Crippen molar-refractivity contribution in [2.75, 3.05) is 39.3 Å². The van der Waals surface area contributed by atoms with Gasteiger partial charge in [-0.15, -0.1) is 0 Å². The van der Waals surface area contributed by atoms with Crippen LogP contribution in [-0.2, 0) is 11.8 Å². The molecule has 2 fully saturated rings. The monoisotopic (exact) mass is 264 g/mol. The molecule has 3 heterocycles. The van der Waals surface area contributed by atoms with Crippen molar-refractivity contribution in [3.05, 3.63) is 18.0 Å². The van der Waals surface area contributed by atoms with Crippen molar-refractivity contribution in [3.63, 3.8) is 0 Å². The van der Waals surface area contributed by atoms with Gasteiger partial charge in [-0.3, -0.25) is 9.58 Å². The highest BCUT2D eigenvalue weighted by Gasteiger charge is 2.25. The lowest BCUT2D eigenvalue weighted by molar-refractivity contribution is -0.0357. The van der Waals surface area contributed by atoms with Gasteiger partial charge in [-0.2, -0.15) is 5.10 Å². The van der Waals surface area contributed by atoms with E-state index in [1.165, 1.54) is 38.0 Å². The normalized spacial score (nSPS) is 26.7. The van der Waals surface area contributed by atoms with E-state index in [2.05, 4.69) is 21.5 Å². The van der Waals surface area contributed by atoms with Crippen LogP contribution in [0.1, 0.15) is 24.5 Å². The highest BCUT2D eigenvalue weighted by molar-refractivity contribution is 5.09. The molecule has 2 aliphatic rings. The van der Waals surface area contributed by atoms with Crippen LogP contribution in [-0.4, -0.2) is 54.0 Å². The molecule has 1 atom stereocenters. The third kappa shape index (κ3) is 3.35. The van der Waals surface area contributed by atoms with Crippen molar-refractivity contribution in [1.82, 2.24) is 20.0 Å². The first kappa shape index (κ1) is 13.1. The Bertz CT molecular complexity index is 400. The van der Waals surface area contributed by atoms with Crippen LogP contribution in [0.4, 0.5) is 0 Å². The summed E-state index contributed by atoms with van der Waals surface area (Å²) in [6, 6.07) is 0. The fourth-order valence-corrected chi connectivity index (χ4v) is 3.11. The quantitative estimate of drug-likeness (QED) is 0.876. The topological polar surface area (TPSA) is 42.3 Å². The number of nitrogens with one attached hydrogen (secondary N) is 1. The van der Waals surface area contributed by atoms with Gasteiger partial charge in [-0.25, -0.2) is 0 Å². The van der Waals surface area contributed by atoms with Crippen LogP contribution in [0.25, 0.3) is 0 Å². The average Bonchev–Trinajstić information content (AvgIpc) is 2.87. The number of piperidine rings is 1. The number of aromatic nitrogens is 2. The maximum absolute atomic E-state index is 5.89. The van der Waals surface area contributed by atoms with Crippen molar-refractivity contribution in [2.45, 2.75) is 18.9 Å². The smallest absolute Gasteiger partial charge is 0.0982 e. The Morgan fingerprint density at radius 3 is 3.00 bits per heavy atom. The minimum atomic E-state index is 0.198. The van der Waals surface area contributed by atoms with Gasteiger partial charge >= 0.3 is 0 Å². The molecule has 1 unspecified atom stereocenters. The van der Waals surface area contributed by atoms with Crippen LogP contribution in [0.2, 0.25) is 0 Å².